The summed E-state index contributed by atoms with van der Waals surface area (Å²) in [5, 5.41) is 19.0. The van der Waals surface area contributed by atoms with E-state index in [0.29, 0.717) is 11.6 Å². The van der Waals surface area contributed by atoms with Gasteiger partial charge >= 0.3 is 5.97 Å². The largest absolute Gasteiger partial charge is 0.454 e. The van der Waals surface area contributed by atoms with E-state index >= 15 is 0 Å². The maximum absolute atomic E-state index is 12.0. The first-order valence-electron chi connectivity index (χ1n) is 8.82. The lowest BCUT2D eigenvalue weighted by atomic mass is 10.1. The Labute approximate surface area is 169 Å². The summed E-state index contributed by atoms with van der Waals surface area (Å²) in [6.07, 6.45) is 2.34. The molecule has 0 atom stereocenters. The number of nitrogens with zero attached hydrogens (tertiary/aromatic N) is 3. The van der Waals surface area contributed by atoms with Crippen LogP contribution in [0.1, 0.15) is 17.0 Å². The Kier molecular flexibility index (Phi) is 5.12. The van der Waals surface area contributed by atoms with Gasteiger partial charge in [-0.1, -0.05) is 17.7 Å². The third kappa shape index (κ3) is 4.12. The normalized spacial score (nSPS) is 12.3. The van der Waals surface area contributed by atoms with Gasteiger partial charge in [-0.3, -0.25) is 10.1 Å². The lowest BCUT2D eigenvalue weighted by Gasteiger charge is -2.01. The van der Waals surface area contributed by atoms with Crippen LogP contribution in [0.5, 0.6) is 11.5 Å². The van der Waals surface area contributed by atoms with E-state index in [2.05, 4.69) is 10.2 Å². The molecule has 0 saturated heterocycles. The predicted octanol–water partition coefficient (Wildman–Crippen LogP) is 3.44. The fourth-order valence-corrected chi connectivity index (χ4v) is 2.78. The van der Waals surface area contributed by atoms with Gasteiger partial charge in [-0.25, -0.2) is 4.79 Å². The SMILES string of the molecule is Cc1cccc(-c2nnc(COC(=O)/C=C/c3cc4c(cc3[N+](=O)[O-])OCO4)o2)c1. The summed E-state index contributed by atoms with van der Waals surface area (Å²) in [4.78, 5) is 22.7. The van der Waals surface area contributed by atoms with Crippen LogP contribution in [0, 0.1) is 17.0 Å². The fraction of sp³-hybridized carbons (Fsp3) is 0.150. The number of hydrogen-bond acceptors (Lipinski definition) is 9. The number of fused-ring (bicyclic) bond motifs is 1. The molecule has 30 heavy (non-hydrogen) atoms. The standard InChI is InChI=1S/C20H15N3O7/c1-12-3-2-4-14(7-12)20-22-21-18(30-20)10-27-19(24)6-5-13-8-16-17(29-11-28-16)9-15(13)23(25)26/h2-9H,10-11H2,1H3/b6-5+. The molecule has 152 valence electrons. The quantitative estimate of drug-likeness (QED) is 0.260. The third-order valence-corrected chi connectivity index (χ3v) is 4.19. The van der Waals surface area contributed by atoms with Crippen molar-refractivity contribution in [1.29, 1.82) is 0 Å². The van der Waals surface area contributed by atoms with Gasteiger partial charge in [0.2, 0.25) is 12.7 Å². The Balaban J connectivity index is 1.41. The minimum atomic E-state index is -0.725. The van der Waals surface area contributed by atoms with Crippen LogP contribution in [0.3, 0.4) is 0 Å². The highest BCUT2D eigenvalue weighted by Crippen LogP contribution is 2.38. The van der Waals surface area contributed by atoms with Gasteiger partial charge in [0.15, 0.2) is 18.1 Å². The van der Waals surface area contributed by atoms with Crippen LogP contribution in [-0.4, -0.2) is 27.9 Å². The van der Waals surface area contributed by atoms with Crippen molar-refractivity contribution in [3.05, 3.63) is 69.6 Å². The molecule has 1 aliphatic rings. The van der Waals surface area contributed by atoms with E-state index in [1.807, 2.05) is 31.2 Å². The van der Waals surface area contributed by atoms with Crippen molar-refractivity contribution in [3.8, 4) is 23.0 Å². The van der Waals surface area contributed by atoms with Gasteiger partial charge in [0.1, 0.15) is 0 Å². The molecule has 0 spiro atoms. The van der Waals surface area contributed by atoms with Gasteiger partial charge in [0.05, 0.1) is 16.6 Å². The van der Waals surface area contributed by atoms with Crippen molar-refractivity contribution in [2.45, 2.75) is 13.5 Å². The summed E-state index contributed by atoms with van der Waals surface area (Å²) >= 11 is 0. The van der Waals surface area contributed by atoms with E-state index in [9.17, 15) is 14.9 Å². The van der Waals surface area contributed by atoms with E-state index in [0.717, 1.165) is 17.2 Å². The van der Waals surface area contributed by atoms with Gasteiger partial charge < -0.3 is 18.6 Å². The average Bonchev–Trinajstić information content (AvgIpc) is 3.39. The predicted molar refractivity (Wildman–Crippen MR) is 103 cm³/mol. The summed E-state index contributed by atoms with van der Waals surface area (Å²) < 4.78 is 20.9. The lowest BCUT2D eigenvalue weighted by molar-refractivity contribution is -0.385. The molecule has 0 N–H and O–H groups in total. The van der Waals surface area contributed by atoms with Crippen molar-refractivity contribution in [3.63, 3.8) is 0 Å². The van der Waals surface area contributed by atoms with E-state index in [1.165, 1.54) is 18.2 Å². The number of nitro groups is 1. The summed E-state index contributed by atoms with van der Waals surface area (Å²) in [7, 11) is 0. The number of aryl methyl sites for hydroxylation is 1. The monoisotopic (exact) mass is 409 g/mol. The van der Waals surface area contributed by atoms with Crippen molar-refractivity contribution in [2.75, 3.05) is 6.79 Å². The second-order valence-electron chi connectivity index (χ2n) is 6.33. The van der Waals surface area contributed by atoms with Gasteiger partial charge in [-0.15, -0.1) is 10.2 Å². The van der Waals surface area contributed by atoms with Crippen LogP contribution in [-0.2, 0) is 16.1 Å². The van der Waals surface area contributed by atoms with Crippen molar-refractivity contribution in [2.24, 2.45) is 0 Å². The molecule has 0 saturated carbocycles. The van der Waals surface area contributed by atoms with Gasteiger partial charge in [0.25, 0.3) is 11.6 Å². The number of rotatable bonds is 6. The van der Waals surface area contributed by atoms with Crippen molar-refractivity contribution < 1.29 is 28.3 Å². The van der Waals surface area contributed by atoms with E-state index in [4.69, 9.17) is 18.6 Å². The molecule has 2 heterocycles. The Morgan fingerprint density at radius 2 is 2.03 bits per heavy atom. The smallest absolute Gasteiger partial charge is 0.331 e. The highest BCUT2D eigenvalue weighted by atomic mass is 16.7. The zero-order chi connectivity index (χ0) is 21.1. The molecule has 1 aromatic heterocycles. The fourth-order valence-electron chi connectivity index (χ4n) is 2.78. The molecular formula is C20H15N3O7. The topological polar surface area (TPSA) is 127 Å². The molecule has 3 aromatic rings. The minimum Gasteiger partial charge on any atom is -0.454 e. The summed E-state index contributed by atoms with van der Waals surface area (Å²) in [5.74, 6) is 0.362. The molecule has 10 nitrogen and oxygen atoms in total. The van der Waals surface area contributed by atoms with E-state index in [1.54, 1.807) is 0 Å². The second kappa shape index (κ2) is 8.03. The number of ether oxygens (including phenoxy) is 3. The summed E-state index contributed by atoms with van der Waals surface area (Å²) in [6, 6.07) is 10.2. The Bertz CT molecular complexity index is 1150. The molecule has 0 amide bonds. The van der Waals surface area contributed by atoms with Crippen LogP contribution in [0.4, 0.5) is 5.69 Å². The van der Waals surface area contributed by atoms with E-state index in [-0.39, 0.29) is 36.3 Å². The number of aromatic nitrogens is 2. The molecule has 0 aliphatic carbocycles. The number of nitro benzene ring substituents is 1. The Morgan fingerprint density at radius 1 is 1.23 bits per heavy atom. The zero-order valence-corrected chi connectivity index (χ0v) is 15.7. The second-order valence-corrected chi connectivity index (χ2v) is 6.33. The average molecular weight is 409 g/mol. The summed E-state index contributed by atoms with van der Waals surface area (Å²) in [5.41, 5.74) is 1.76. The summed E-state index contributed by atoms with van der Waals surface area (Å²) in [6.45, 7) is 1.70. The molecule has 4 rings (SSSR count). The number of hydrogen-bond donors (Lipinski definition) is 0. The lowest BCUT2D eigenvalue weighted by Crippen LogP contribution is -2.01. The third-order valence-electron chi connectivity index (χ3n) is 4.19. The molecule has 10 heteroatoms. The van der Waals surface area contributed by atoms with E-state index < -0.39 is 10.9 Å². The van der Waals surface area contributed by atoms with Gasteiger partial charge in [-0.2, -0.15) is 0 Å². The molecule has 0 bridgehead atoms. The number of carbonyl (C=O) groups is 1. The first-order chi connectivity index (χ1) is 14.5. The molecule has 0 radical (unpaired) electrons. The maximum Gasteiger partial charge on any atom is 0.331 e. The molecular weight excluding hydrogens is 394 g/mol. The number of esters is 1. The molecule has 0 fully saturated rings. The van der Waals surface area contributed by atoms with Crippen LogP contribution in [0.15, 0.2) is 46.9 Å². The van der Waals surface area contributed by atoms with Crippen LogP contribution >= 0.6 is 0 Å². The molecule has 0 unspecified atom stereocenters. The van der Waals surface area contributed by atoms with Crippen LogP contribution in [0.25, 0.3) is 17.5 Å². The van der Waals surface area contributed by atoms with Crippen molar-refractivity contribution >= 4 is 17.7 Å². The van der Waals surface area contributed by atoms with Crippen LogP contribution in [0.2, 0.25) is 0 Å². The first-order valence-corrected chi connectivity index (χ1v) is 8.82. The minimum absolute atomic E-state index is 0.0174. The van der Waals surface area contributed by atoms with Gasteiger partial charge in [0, 0.05) is 11.6 Å². The van der Waals surface area contributed by atoms with Crippen molar-refractivity contribution in [1.82, 2.24) is 10.2 Å². The number of carbonyl (C=O) groups excluding carboxylic acids is 1. The Morgan fingerprint density at radius 3 is 2.80 bits per heavy atom. The highest BCUT2D eigenvalue weighted by Gasteiger charge is 2.22. The van der Waals surface area contributed by atoms with Crippen LogP contribution < -0.4 is 9.47 Å². The highest BCUT2D eigenvalue weighted by molar-refractivity contribution is 5.88. The molecule has 1 aliphatic heterocycles. The molecule has 2 aromatic carbocycles. The zero-order valence-electron chi connectivity index (χ0n) is 15.7. The number of benzene rings is 2. The van der Waals surface area contributed by atoms with Gasteiger partial charge in [-0.05, 0) is 31.2 Å². The maximum atomic E-state index is 12.0. The Hall–Kier alpha value is -4.21. The first kappa shape index (κ1) is 19.1.